The van der Waals surface area contributed by atoms with E-state index in [1.54, 1.807) is 7.11 Å². The lowest BCUT2D eigenvalue weighted by molar-refractivity contribution is 0.410. The average Bonchev–Trinajstić information content (AvgIpc) is 2.29. The minimum atomic E-state index is 0.217. The molecule has 0 heterocycles. The van der Waals surface area contributed by atoms with E-state index < -0.39 is 0 Å². The second-order valence-electron chi connectivity index (χ2n) is 4.73. The third kappa shape index (κ3) is 3.26. The normalized spacial score (nSPS) is 19.9. The zero-order chi connectivity index (χ0) is 12.3. The molecule has 0 aliphatic heterocycles. The van der Waals surface area contributed by atoms with Crippen molar-refractivity contribution in [2.45, 2.75) is 38.0 Å². The van der Waals surface area contributed by atoms with Crippen LogP contribution in [0.4, 0.5) is 0 Å². The van der Waals surface area contributed by atoms with Crippen molar-refractivity contribution in [3.05, 3.63) is 41.0 Å². The summed E-state index contributed by atoms with van der Waals surface area (Å²) in [5, 5.41) is 0.217. The number of aryl methyl sites for hydroxylation is 1. The fourth-order valence-corrected chi connectivity index (χ4v) is 2.72. The molecule has 1 aliphatic rings. The van der Waals surface area contributed by atoms with Gasteiger partial charge in [-0.15, -0.1) is 11.6 Å². The largest absolute Gasteiger partial charge is 0.496 e. The molecular formula is C15H19ClO. The summed E-state index contributed by atoms with van der Waals surface area (Å²) >= 11 is 6.17. The van der Waals surface area contributed by atoms with Gasteiger partial charge in [0.2, 0.25) is 0 Å². The van der Waals surface area contributed by atoms with Crippen molar-refractivity contribution in [3.63, 3.8) is 0 Å². The van der Waals surface area contributed by atoms with Gasteiger partial charge in [-0.2, -0.15) is 0 Å². The Morgan fingerprint density at radius 1 is 1.41 bits per heavy atom. The smallest absolute Gasteiger partial charge is 0.122 e. The van der Waals surface area contributed by atoms with Crippen LogP contribution in [-0.4, -0.2) is 12.5 Å². The second-order valence-corrected chi connectivity index (χ2v) is 5.29. The molecule has 17 heavy (non-hydrogen) atoms. The summed E-state index contributed by atoms with van der Waals surface area (Å²) in [4.78, 5) is 0. The molecule has 0 radical (unpaired) electrons. The fourth-order valence-electron chi connectivity index (χ4n) is 2.38. The van der Waals surface area contributed by atoms with Crippen LogP contribution < -0.4 is 4.74 Å². The average molecular weight is 251 g/mol. The third-order valence-electron chi connectivity index (χ3n) is 3.25. The lowest BCUT2D eigenvalue weighted by Crippen LogP contribution is -2.06. The van der Waals surface area contributed by atoms with Crippen LogP contribution in [0.25, 0.3) is 0 Å². The van der Waals surface area contributed by atoms with E-state index in [4.69, 9.17) is 16.3 Å². The summed E-state index contributed by atoms with van der Waals surface area (Å²) in [6.45, 7) is 2.11. The van der Waals surface area contributed by atoms with Crippen LogP contribution in [0.2, 0.25) is 0 Å². The van der Waals surface area contributed by atoms with E-state index in [1.807, 2.05) is 6.07 Å². The number of alkyl halides is 1. The Morgan fingerprint density at radius 3 is 2.94 bits per heavy atom. The summed E-state index contributed by atoms with van der Waals surface area (Å²) in [7, 11) is 1.73. The topological polar surface area (TPSA) is 9.23 Å². The Morgan fingerprint density at radius 2 is 2.24 bits per heavy atom. The van der Waals surface area contributed by atoms with Crippen LogP contribution in [0.1, 0.15) is 30.4 Å². The first kappa shape index (κ1) is 12.5. The quantitative estimate of drug-likeness (QED) is 0.575. The lowest BCUT2D eigenvalue weighted by atomic mass is 9.93. The number of hydrogen-bond acceptors (Lipinski definition) is 1. The van der Waals surface area contributed by atoms with E-state index in [1.165, 1.54) is 29.5 Å². The molecule has 1 aromatic carbocycles. The highest BCUT2D eigenvalue weighted by atomic mass is 35.5. The number of hydrogen-bond donors (Lipinski definition) is 0. The molecule has 1 aromatic rings. The van der Waals surface area contributed by atoms with Crippen LogP contribution in [0.5, 0.6) is 5.75 Å². The molecular weight excluding hydrogens is 232 g/mol. The van der Waals surface area contributed by atoms with Crippen molar-refractivity contribution >= 4 is 11.6 Å². The molecule has 1 unspecified atom stereocenters. The van der Waals surface area contributed by atoms with Gasteiger partial charge in [0.25, 0.3) is 0 Å². The highest BCUT2D eigenvalue weighted by Crippen LogP contribution is 2.28. The van der Waals surface area contributed by atoms with Crippen molar-refractivity contribution in [3.8, 4) is 5.75 Å². The predicted octanol–water partition coefficient (Wildman–Crippen LogP) is 4.26. The summed E-state index contributed by atoms with van der Waals surface area (Å²) in [5.41, 5.74) is 3.99. The predicted molar refractivity (Wildman–Crippen MR) is 73.0 cm³/mol. The van der Waals surface area contributed by atoms with Crippen molar-refractivity contribution in [1.82, 2.24) is 0 Å². The van der Waals surface area contributed by atoms with Crippen LogP contribution >= 0.6 is 11.6 Å². The van der Waals surface area contributed by atoms with Gasteiger partial charge in [-0.1, -0.05) is 29.3 Å². The molecule has 1 atom stereocenters. The maximum atomic E-state index is 6.17. The van der Waals surface area contributed by atoms with Crippen LogP contribution in [0.15, 0.2) is 29.8 Å². The van der Waals surface area contributed by atoms with Crippen LogP contribution in [0.3, 0.4) is 0 Å². The molecule has 92 valence electrons. The Balaban J connectivity index is 2.20. The van der Waals surface area contributed by atoms with E-state index in [0.717, 1.165) is 18.6 Å². The minimum absolute atomic E-state index is 0.217. The number of benzene rings is 1. The molecule has 0 fully saturated rings. The number of ether oxygens (including phenoxy) is 1. The van der Waals surface area contributed by atoms with Gasteiger partial charge in [0.15, 0.2) is 0 Å². The Kier molecular flexibility index (Phi) is 4.11. The number of allylic oxidation sites excluding steroid dienone is 2. The van der Waals surface area contributed by atoms with Gasteiger partial charge in [-0.05, 0) is 44.2 Å². The zero-order valence-corrected chi connectivity index (χ0v) is 11.3. The van der Waals surface area contributed by atoms with Gasteiger partial charge in [-0.25, -0.2) is 0 Å². The van der Waals surface area contributed by atoms with Gasteiger partial charge < -0.3 is 4.74 Å². The molecule has 0 N–H and O–H groups in total. The maximum absolute atomic E-state index is 6.17. The molecule has 0 saturated carbocycles. The van der Waals surface area contributed by atoms with Crippen molar-refractivity contribution in [1.29, 1.82) is 0 Å². The third-order valence-corrected chi connectivity index (χ3v) is 3.59. The summed E-state index contributed by atoms with van der Waals surface area (Å²) in [6, 6.07) is 6.34. The van der Waals surface area contributed by atoms with Gasteiger partial charge in [-0.3, -0.25) is 0 Å². The van der Waals surface area contributed by atoms with Crippen molar-refractivity contribution in [2.24, 2.45) is 0 Å². The number of halogens is 1. The first-order chi connectivity index (χ1) is 8.19. The Labute approximate surface area is 108 Å². The zero-order valence-electron chi connectivity index (χ0n) is 10.5. The molecule has 0 bridgehead atoms. The summed E-state index contributed by atoms with van der Waals surface area (Å²) < 4.78 is 5.41. The second kappa shape index (κ2) is 5.59. The summed E-state index contributed by atoms with van der Waals surface area (Å²) in [5.74, 6) is 0.980. The van der Waals surface area contributed by atoms with Gasteiger partial charge in [0.05, 0.1) is 12.5 Å². The molecule has 2 rings (SSSR count). The fraction of sp³-hybridized carbons (Fsp3) is 0.467. The minimum Gasteiger partial charge on any atom is -0.496 e. The number of rotatable bonds is 3. The number of methoxy groups -OCH3 is 1. The van der Waals surface area contributed by atoms with Gasteiger partial charge in [0.1, 0.15) is 5.75 Å². The molecule has 0 spiro atoms. The Bertz CT molecular complexity index is 423. The lowest BCUT2D eigenvalue weighted by Gasteiger charge is -2.18. The SMILES string of the molecule is COc1ccc(C)cc1CC1=CC(Cl)CCC1. The van der Waals surface area contributed by atoms with E-state index in [0.29, 0.717) is 0 Å². The molecule has 0 amide bonds. The highest BCUT2D eigenvalue weighted by Gasteiger charge is 2.13. The van der Waals surface area contributed by atoms with Crippen molar-refractivity contribution in [2.75, 3.05) is 7.11 Å². The summed E-state index contributed by atoms with van der Waals surface area (Å²) in [6.07, 6.45) is 6.66. The monoisotopic (exact) mass is 250 g/mol. The maximum Gasteiger partial charge on any atom is 0.122 e. The Hall–Kier alpha value is -0.950. The van der Waals surface area contributed by atoms with Crippen molar-refractivity contribution < 1.29 is 4.74 Å². The molecule has 0 aromatic heterocycles. The molecule has 1 aliphatic carbocycles. The standard InChI is InChI=1S/C15H19ClO/c1-11-6-7-15(17-2)13(8-11)9-12-4-3-5-14(16)10-12/h6-8,10,14H,3-5,9H2,1-2H3. The van der Waals surface area contributed by atoms with E-state index in [9.17, 15) is 0 Å². The van der Waals surface area contributed by atoms with Crippen LogP contribution in [0, 0.1) is 6.92 Å². The molecule has 0 saturated heterocycles. The molecule has 2 heteroatoms. The van der Waals surface area contributed by atoms with Crippen LogP contribution in [-0.2, 0) is 6.42 Å². The first-order valence-electron chi connectivity index (χ1n) is 6.16. The van der Waals surface area contributed by atoms with E-state index >= 15 is 0 Å². The van der Waals surface area contributed by atoms with E-state index in [2.05, 4.69) is 25.1 Å². The van der Waals surface area contributed by atoms with Gasteiger partial charge >= 0.3 is 0 Å². The van der Waals surface area contributed by atoms with Gasteiger partial charge in [0, 0.05) is 0 Å². The first-order valence-corrected chi connectivity index (χ1v) is 6.60. The highest BCUT2D eigenvalue weighted by molar-refractivity contribution is 6.21. The van der Waals surface area contributed by atoms with E-state index in [-0.39, 0.29) is 5.38 Å². The molecule has 1 nitrogen and oxygen atoms in total.